The average molecular weight is 169 g/mol. The molecule has 0 amide bonds. The van der Waals surface area contributed by atoms with E-state index in [1.807, 2.05) is 4.68 Å². The zero-order chi connectivity index (χ0) is 8.65. The molecular weight excluding hydrogens is 148 g/mol. The first-order chi connectivity index (χ1) is 5.89. The maximum absolute atomic E-state index is 5.75. The number of nitrogens with zero attached hydrogens (tertiary/aromatic N) is 1. The Hall–Kier alpha value is -0.530. The second-order valence-corrected chi connectivity index (χ2v) is 3.68. The monoisotopic (exact) mass is 169 g/mol. The van der Waals surface area contributed by atoms with Gasteiger partial charge in [0.05, 0.1) is 0 Å². The molecule has 0 aromatic rings. The predicted molar refractivity (Wildman–Crippen MR) is 52.3 cm³/mol. The van der Waals surface area contributed by atoms with E-state index in [-0.39, 0.29) is 0 Å². The highest BCUT2D eigenvalue weighted by Gasteiger charge is 2.00. The van der Waals surface area contributed by atoms with Gasteiger partial charge in [-0.1, -0.05) is 25.7 Å². The summed E-state index contributed by atoms with van der Waals surface area (Å²) in [7, 11) is 0. The van der Waals surface area contributed by atoms with Crippen molar-refractivity contribution in [3.05, 3.63) is 0 Å². The molecule has 1 heterocycles. The van der Waals surface area contributed by atoms with E-state index in [0.29, 0.717) is 0 Å². The fourth-order valence-electron chi connectivity index (χ4n) is 1.67. The Kier molecular flexibility index (Phi) is 4.81. The fourth-order valence-corrected chi connectivity index (χ4v) is 1.67. The highest BCUT2D eigenvalue weighted by molar-refractivity contribution is 5.50. The molecule has 0 saturated heterocycles. The van der Waals surface area contributed by atoms with Gasteiger partial charge in [-0.05, 0) is 12.8 Å². The lowest BCUT2D eigenvalue weighted by Gasteiger charge is -1.97. The molecule has 0 bridgehead atoms. The van der Waals surface area contributed by atoms with Gasteiger partial charge < -0.3 is 0 Å². The van der Waals surface area contributed by atoms with Crippen molar-refractivity contribution >= 4 is 6.21 Å². The van der Waals surface area contributed by atoms with Crippen molar-refractivity contribution in [2.45, 2.75) is 51.4 Å². The molecule has 0 aromatic carbocycles. The van der Waals surface area contributed by atoms with Gasteiger partial charge in [0.25, 0.3) is 0 Å². The molecule has 0 atom stereocenters. The molecule has 1 aliphatic rings. The van der Waals surface area contributed by atoms with E-state index in [1.54, 1.807) is 0 Å². The van der Waals surface area contributed by atoms with Crippen LogP contribution in [0.15, 0.2) is 0 Å². The lowest BCUT2D eigenvalue weighted by molar-refractivity contribution is -0.536. The average Bonchev–Trinajstić information content (AvgIpc) is 2.11. The van der Waals surface area contributed by atoms with E-state index in [4.69, 9.17) is 5.84 Å². The van der Waals surface area contributed by atoms with Crippen LogP contribution in [0.4, 0.5) is 0 Å². The minimum absolute atomic E-state index is 1.04. The molecule has 2 nitrogen and oxygen atoms in total. The molecule has 1 aliphatic heterocycles. The lowest BCUT2D eigenvalue weighted by Crippen LogP contribution is -2.22. The summed E-state index contributed by atoms with van der Waals surface area (Å²) in [6.45, 7) is 1.04. The Morgan fingerprint density at radius 2 is 1.42 bits per heavy atom. The summed E-state index contributed by atoms with van der Waals surface area (Å²) >= 11 is 0. The highest BCUT2D eigenvalue weighted by atomic mass is 15.3. The SMILES string of the molecule is N[N+]1=CCCCCCCCCC1. The number of hydrogen-bond acceptors (Lipinski definition) is 1. The quantitative estimate of drug-likeness (QED) is 0.436. The van der Waals surface area contributed by atoms with Crippen LogP contribution < -0.4 is 5.84 Å². The van der Waals surface area contributed by atoms with E-state index in [9.17, 15) is 0 Å². The molecule has 1 rings (SSSR count). The second-order valence-electron chi connectivity index (χ2n) is 3.68. The van der Waals surface area contributed by atoms with Crippen molar-refractivity contribution in [1.82, 2.24) is 0 Å². The predicted octanol–water partition coefficient (Wildman–Crippen LogP) is 2.08. The summed E-state index contributed by atoms with van der Waals surface area (Å²) in [5, 5.41) is 0. The Morgan fingerprint density at radius 3 is 2.17 bits per heavy atom. The van der Waals surface area contributed by atoms with Crippen molar-refractivity contribution in [3.8, 4) is 0 Å². The summed E-state index contributed by atoms with van der Waals surface area (Å²) in [5.41, 5.74) is 0. The second kappa shape index (κ2) is 6.04. The van der Waals surface area contributed by atoms with Crippen LogP contribution >= 0.6 is 0 Å². The zero-order valence-corrected chi connectivity index (χ0v) is 7.97. The van der Waals surface area contributed by atoms with Crippen molar-refractivity contribution in [2.24, 2.45) is 5.84 Å². The largest absolute Gasteiger partial charge is 0.211 e. The van der Waals surface area contributed by atoms with Crippen LogP contribution in [0, 0.1) is 0 Å². The molecule has 0 aliphatic carbocycles. The third-order valence-corrected chi connectivity index (χ3v) is 2.48. The van der Waals surface area contributed by atoms with Gasteiger partial charge in [-0.2, -0.15) is 0 Å². The molecule has 0 unspecified atom stereocenters. The first-order valence-corrected chi connectivity index (χ1v) is 5.24. The van der Waals surface area contributed by atoms with Crippen LogP contribution in [0.2, 0.25) is 0 Å². The Labute approximate surface area is 75.4 Å². The van der Waals surface area contributed by atoms with Crippen LogP contribution in [-0.2, 0) is 0 Å². The molecule has 0 fully saturated rings. The molecular formula is C10H21N2+. The summed E-state index contributed by atoms with van der Waals surface area (Å²) in [4.78, 5) is 0. The number of rotatable bonds is 0. The van der Waals surface area contributed by atoms with Crippen LogP contribution in [0.25, 0.3) is 0 Å². The van der Waals surface area contributed by atoms with Crippen molar-refractivity contribution < 1.29 is 4.68 Å². The van der Waals surface area contributed by atoms with Crippen LogP contribution in [0.5, 0.6) is 0 Å². The summed E-state index contributed by atoms with van der Waals surface area (Å²) < 4.78 is 1.87. The van der Waals surface area contributed by atoms with Gasteiger partial charge in [0.1, 0.15) is 0 Å². The number of hydrazine groups is 1. The normalized spacial score (nSPS) is 22.5. The zero-order valence-electron chi connectivity index (χ0n) is 7.97. The molecule has 12 heavy (non-hydrogen) atoms. The van der Waals surface area contributed by atoms with Gasteiger partial charge in [-0.25, -0.2) is 5.84 Å². The van der Waals surface area contributed by atoms with Gasteiger partial charge in [0.2, 0.25) is 0 Å². The summed E-state index contributed by atoms with van der Waals surface area (Å²) in [5.74, 6) is 5.75. The first-order valence-electron chi connectivity index (χ1n) is 5.24. The van der Waals surface area contributed by atoms with Gasteiger partial charge in [-0.15, -0.1) is 4.68 Å². The van der Waals surface area contributed by atoms with Crippen molar-refractivity contribution in [1.29, 1.82) is 0 Å². The van der Waals surface area contributed by atoms with Gasteiger partial charge in [-0.3, -0.25) is 0 Å². The third-order valence-electron chi connectivity index (χ3n) is 2.48. The highest BCUT2D eigenvalue weighted by Crippen LogP contribution is 2.08. The molecule has 70 valence electrons. The molecule has 2 N–H and O–H groups in total. The van der Waals surface area contributed by atoms with Crippen LogP contribution in [-0.4, -0.2) is 17.4 Å². The number of hydrazone groups is 1. The Morgan fingerprint density at radius 1 is 0.833 bits per heavy atom. The van der Waals surface area contributed by atoms with Crippen LogP contribution in [0.1, 0.15) is 51.4 Å². The van der Waals surface area contributed by atoms with E-state index in [0.717, 1.165) is 13.0 Å². The smallest absolute Gasteiger partial charge is 0.170 e. The maximum atomic E-state index is 5.75. The molecule has 0 spiro atoms. The third kappa shape index (κ3) is 4.37. The van der Waals surface area contributed by atoms with E-state index in [2.05, 4.69) is 6.21 Å². The van der Waals surface area contributed by atoms with E-state index < -0.39 is 0 Å². The molecule has 0 aromatic heterocycles. The van der Waals surface area contributed by atoms with Crippen LogP contribution in [0.3, 0.4) is 0 Å². The van der Waals surface area contributed by atoms with Gasteiger partial charge in [0, 0.05) is 12.8 Å². The lowest BCUT2D eigenvalue weighted by atomic mass is 10.1. The van der Waals surface area contributed by atoms with E-state index >= 15 is 0 Å². The van der Waals surface area contributed by atoms with Gasteiger partial charge >= 0.3 is 0 Å². The molecule has 2 heteroatoms. The minimum atomic E-state index is 1.04. The minimum Gasteiger partial charge on any atom is -0.211 e. The van der Waals surface area contributed by atoms with Gasteiger partial charge in [0.15, 0.2) is 12.8 Å². The standard InChI is InChI=1S/C10H21N2/c11-12-9-7-5-3-1-2-4-6-8-10-12/h9H,1-8,10-11H2/q+1. The van der Waals surface area contributed by atoms with E-state index in [1.165, 1.54) is 44.9 Å². The summed E-state index contributed by atoms with van der Waals surface area (Å²) in [6.07, 6.45) is 12.8. The topological polar surface area (TPSA) is 29.0 Å². The number of nitrogens with two attached hydrogens (primary N) is 1. The maximum Gasteiger partial charge on any atom is 0.170 e. The fraction of sp³-hybridized carbons (Fsp3) is 0.900. The van der Waals surface area contributed by atoms with Crippen molar-refractivity contribution in [3.63, 3.8) is 0 Å². The number of hydrogen-bond donors (Lipinski definition) is 1. The Balaban J connectivity index is 2.25. The first kappa shape index (κ1) is 9.56. The molecule has 0 saturated carbocycles. The Bertz CT molecular complexity index is 141. The summed E-state index contributed by atoms with van der Waals surface area (Å²) in [6, 6.07) is 0. The molecule has 0 radical (unpaired) electrons. The van der Waals surface area contributed by atoms with Crippen molar-refractivity contribution in [2.75, 3.05) is 6.54 Å².